The van der Waals surface area contributed by atoms with E-state index in [2.05, 4.69) is 46.3 Å². The Bertz CT molecular complexity index is 905. The highest BCUT2D eigenvalue weighted by atomic mass is 16.4. The molecule has 0 bridgehead atoms. The van der Waals surface area contributed by atoms with Crippen LogP contribution >= 0.6 is 0 Å². The predicted molar refractivity (Wildman–Crippen MR) is 109 cm³/mol. The molecule has 0 aliphatic carbocycles. The highest BCUT2D eigenvalue weighted by molar-refractivity contribution is 5.75. The zero-order chi connectivity index (χ0) is 18.5. The van der Waals surface area contributed by atoms with Crippen LogP contribution in [0.3, 0.4) is 0 Å². The van der Waals surface area contributed by atoms with Gasteiger partial charge in [0.15, 0.2) is 5.58 Å². The summed E-state index contributed by atoms with van der Waals surface area (Å²) in [6, 6.07) is 16.8. The third kappa shape index (κ3) is 4.69. The van der Waals surface area contributed by atoms with Crippen molar-refractivity contribution in [1.29, 1.82) is 0 Å². The molecule has 1 aromatic heterocycles. The third-order valence-corrected chi connectivity index (χ3v) is 5.79. The minimum Gasteiger partial charge on any atom is -0.408 e. The maximum Gasteiger partial charge on any atom is 0.417 e. The van der Waals surface area contributed by atoms with Crippen LogP contribution in [0.1, 0.15) is 36.8 Å². The van der Waals surface area contributed by atoms with Crippen LogP contribution in [0.4, 0.5) is 0 Å². The molecule has 142 valence electrons. The molecule has 0 amide bonds. The highest BCUT2D eigenvalue weighted by Gasteiger charge is 2.19. The van der Waals surface area contributed by atoms with Gasteiger partial charge in [-0.1, -0.05) is 42.5 Å². The van der Waals surface area contributed by atoms with E-state index < -0.39 is 0 Å². The summed E-state index contributed by atoms with van der Waals surface area (Å²) < 4.78 is 5.14. The zero-order valence-corrected chi connectivity index (χ0v) is 15.8. The largest absolute Gasteiger partial charge is 0.417 e. The molecule has 0 unspecified atom stereocenters. The van der Waals surface area contributed by atoms with Crippen LogP contribution in [0.25, 0.3) is 11.1 Å². The Labute approximate surface area is 160 Å². The smallest absolute Gasteiger partial charge is 0.408 e. The molecule has 2 heterocycles. The summed E-state index contributed by atoms with van der Waals surface area (Å²) in [6.07, 6.45) is 7.16. The summed E-state index contributed by atoms with van der Waals surface area (Å²) in [5.41, 5.74) is 4.18. The van der Waals surface area contributed by atoms with Gasteiger partial charge >= 0.3 is 5.76 Å². The standard InChI is InChI=1S/C23H28N2O2/c26-23-24-22-20(10-6-11-21(22)27-23)9-4-5-14-25-15-12-19(13-16-25)17-18-7-2-1-3-8-18/h1-3,6-8,10-11,19H,4-5,9,12-17H2,(H,24,26). The Morgan fingerprint density at radius 1 is 1.00 bits per heavy atom. The lowest BCUT2D eigenvalue weighted by atomic mass is 9.90. The normalized spacial score (nSPS) is 16.1. The number of aromatic amines is 1. The fourth-order valence-corrected chi connectivity index (χ4v) is 4.25. The summed E-state index contributed by atoms with van der Waals surface area (Å²) in [6.45, 7) is 3.63. The lowest BCUT2D eigenvalue weighted by Crippen LogP contribution is -2.35. The molecule has 1 fully saturated rings. The quantitative estimate of drug-likeness (QED) is 0.632. The first-order chi connectivity index (χ1) is 13.3. The lowest BCUT2D eigenvalue weighted by Gasteiger charge is -2.32. The number of hydrogen-bond donors (Lipinski definition) is 1. The van der Waals surface area contributed by atoms with Crippen molar-refractivity contribution in [2.75, 3.05) is 19.6 Å². The second-order valence-electron chi connectivity index (χ2n) is 7.74. The predicted octanol–water partition coefficient (Wildman–Crippen LogP) is 4.40. The van der Waals surface area contributed by atoms with E-state index in [4.69, 9.17) is 4.42 Å². The summed E-state index contributed by atoms with van der Waals surface area (Å²) in [5, 5.41) is 0. The molecule has 1 aliphatic heterocycles. The number of nitrogens with zero attached hydrogens (tertiary/aromatic N) is 1. The first-order valence-electron chi connectivity index (χ1n) is 10.1. The van der Waals surface area contributed by atoms with Crippen LogP contribution in [0, 0.1) is 5.92 Å². The van der Waals surface area contributed by atoms with Gasteiger partial charge in [0.2, 0.25) is 0 Å². The molecule has 1 saturated heterocycles. The van der Waals surface area contributed by atoms with E-state index >= 15 is 0 Å². The number of aryl methyl sites for hydroxylation is 1. The zero-order valence-electron chi connectivity index (χ0n) is 15.8. The molecule has 4 heteroatoms. The summed E-state index contributed by atoms with van der Waals surface area (Å²) in [4.78, 5) is 16.8. The second kappa shape index (κ2) is 8.57. The third-order valence-electron chi connectivity index (χ3n) is 5.79. The summed E-state index contributed by atoms with van der Waals surface area (Å²) >= 11 is 0. The molecular formula is C23H28N2O2. The summed E-state index contributed by atoms with van der Waals surface area (Å²) in [7, 11) is 0. The monoisotopic (exact) mass is 364 g/mol. The number of rotatable bonds is 7. The van der Waals surface area contributed by atoms with Gasteiger partial charge in [-0.3, -0.25) is 4.98 Å². The molecule has 3 aromatic rings. The van der Waals surface area contributed by atoms with Crippen LogP contribution in [0.15, 0.2) is 57.7 Å². The number of benzene rings is 2. The molecular weight excluding hydrogens is 336 g/mol. The van der Waals surface area contributed by atoms with Crippen LogP contribution in [-0.4, -0.2) is 29.5 Å². The molecule has 0 spiro atoms. The van der Waals surface area contributed by atoms with Gasteiger partial charge in [-0.15, -0.1) is 0 Å². The van der Waals surface area contributed by atoms with Crippen molar-refractivity contribution in [3.63, 3.8) is 0 Å². The Morgan fingerprint density at radius 3 is 2.63 bits per heavy atom. The van der Waals surface area contributed by atoms with E-state index in [9.17, 15) is 4.79 Å². The van der Waals surface area contributed by atoms with Crippen molar-refractivity contribution in [2.24, 2.45) is 5.92 Å². The van der Waals surface area contributed by atoms with Crippen molar-refractivity contribution < 1.29 is 4.42 Å². The molecule has 4 nitrogen and oxygen atoms in total. The van der Waals surface area contributed by atoms with E-state index in [1.807, 2.05) is 12.1 Å². The maximum atomic E-state index is 11.4. The van der Waals surface area contributed by atoms with Crippen LogP contribution < -0.4 is 5.76 Å². The molecule has 4 rings (SSSR count). The minimum atomic E-state index is -0.365. The Kier molecular flexibility index (Phi) is 5.73. The number of fused-ring (bicyclic) bond motifs is 1. The van der Waals surface area contributed by atoms with Gasteiger partial charge in [-0.2, -0.15) is 0 Å². The highest BCUT2D eigenvalue weighted by Crippen LogP contribution is 2.22. The van der Waals surface area contributed by atoms with Crippen LogP contribution in [-0.2, 0) is 12.8 Å². The van der Waals surface area contributed by atoms with E-state index in [1.54, 1.807) is 0 Å². The van der Waals surface area contributed by atoms with Gasteiger partial charge < -0.3 is 9.32 Å². The van der Waals surface area contributed by atoms with Crippen molar-refractivity contribution in [3.8, 4) is 0 Å². The Balaban J connectivity index is 1.19. The average molecular weight is 364 g/mol. The maximum absolute atomic E-state index is 11.4. The molecule has 0 radical (unpaired) electrons. The van der Waals surface area contributed by atoms with Crippen LogP contribution in [0.2, 0.25) is 0 Å². The Hall–Kier alpha value is -2.33. The topological polar surface area (TPSA) is 49.2 Å². The van der Waals surface area contributed by atoms with Gasteiger partial charge in [-0.25, -0.2) is 4.79 Å². The molecule has 1 aliphatic rings. The minimum absolute atomic E-state index is 0.365. The van der Waals surface area contributed by atoms with Gasteiger partial charge in [0.1, 0.15) is 0 Å². The van der Waals surface area contributed by atoms with Crippen molar-refractivity contribution in [1.82, 2.24) is 9.88 Å². The lowest BCUT2D eigenvalue weighted by molar-refractivity contribution is 0.181. The molecule has 1 N–H and O–H groups in total. The van der Waals surface area contributed by atoms with E-state index in [-0.39, 0.29) is 5.76 Å². The van der Waals surface area contributed by atoms with Gasteiger partial charge in [0.05, 0.1) is 5.52 Å². The van der Waals surface area contributed by atoms with E-state index in [0.717, 1.165) is 24.3 Å². The fourth-order valence-electron chi connectivity index (χ4n) is 4.25. The van der Waals surface area contributed by atoms with Gasteiger partial charge in [-0.05, 0) is 81.3 Å². The van der Waals surface area contributed by atoms with Gasteiger partial charge in [0.25, 0.3) is 0 Å². The number of unbranched alkanes of at least 4 members (excludes halogenated alkanes) is 1. The SMILES string of the molecule is O=c1[nH]c2c(CCCCN3CCC(Cc4ccccc4)CC3)cccc2o1. The molecule has 27 heavy (non-hydrogen) atoms. The number of aromatic nitrogens is 1. The van der Waals surface area contributed by atoms with Gasteiger partial charge in [0, 0.05) is 0 Å². The van der Waals surface area contributed by atoms with E-state index in [0.29, 0.717) is 5.58 Å². The Morgan fingerprint density at radius 2 is 1.81 bits per heavy atom. The first-order valence-corrected chi connectivity index (χ1v) is 10.1. The van der Waals surface area contributed by atoms with Crippen molar-refractivity contribution >= 4 is 11.1 Å². The number of piperidine rings is 1. The number of likely N-dealkylation sites (tertiary alicyclic amines) is 1. The fraction of sp³-hybridized carbons (Fsp3) is 0.435. The summed E-state index contributed by atoms with van der Waals surface area (Å²) in [5.74, 6) is 0.468. The molecule has 2 aromatic carbocycles. The number of nitrogens with one attached hydrogen (secondary N) is 1. The molecule has 0 saturated carbocycles. The van der Waals surface area contributed by atoms with Crippen molar-refractivity contribution in [2.45, 2.75) is 38.5 Å². The number of hydrogen-bond acceptors (Lipinski definition) is 3. The van der Waals surface area contributed by atoms with Crippen LogP contribution in [0.5, 0.6) is 0 Å². The average Bonchev–Trinajstić information content (AvgIpc) is 3.08. The first kappa shape index (κ1) is 18.1. The van der Waals surface area contributed by atoms with Crippen molar-refractivity contribution in [3.05, 3.63) is 70.2 Å². The number of para-hydroxylation sites is 1. The second-order valence-corrected chi connectivity index (χ2v) is 7.74. The molecule has 0 atom stereocenters. The van der Waals surface area contributed by atoms with E-state index in [1.165, 1.54) is 56.4 Å². The number of H-pyrrole nitrogens is 1. The number of oxazole rings is 1.